The van der Waals surface area contributed by atoms with Crippen LogP contribution >= 0.6 is 0 Å². The van der Waals surface area contributed by atoms with Crippen molar-refractivity contribution < 1.29 is 24.5 Å². The Kier molecular flexibility index (Phi) is 52.7. The van der Waals surface area contributed by atoms with Crippen LogP contribution < -0.4 is 0 Å². The van der Waals surface area contributed by atoms with Crippen LogP contribution in [0, 0.1) is 0 Å². The van der Waals surface area contributed by atoms with Gasteiger partial charge < -0.3 is 19.7 Å². The van der Waals surface area contributed by atoms with E-state index in [1.165, 1.54) is 244 Å². The Labute approximate surface area is 387 Å². The zero-order valence-electron chi connectivity index (χ0n) is 41.8. The molecule has 2 unspecified atom stereocenters. The number of rotatable bonds is 52. The van der Waals surface area contributed by atoms with Gasteiger partial charge in [-0.2, -0.15) is 0 Å². The summed E-state index contributed by atoms with van der Waals surface area (Å²) in [7, 11) is 0. The minimum Gasteiger partial charge on any atom is -0.463 e. The van der Waals surface area contributed by atoms with Gasteiger partial charge in [-0.05, 0) is 103 Å². The summed E-state index contributed by atoms with van der Waals surface area (Å²) in [4.78, 5) is 11.6. The van der Waals surface area contributed by atoms with Crippen molar-refractivity contribution >= 4 is 5.97 Å². The number of allylic oxidation sites excluding steroid dienone is 6. The first-order valence-corrected chi connectivity index (χ1v) is 27.6. The van der Waals surface area contributed by atoms with Gasteiger partial charge in [0, 0.05) is 13.0 Å². The van der Waals surface area contributed by atoms with Gasteiger partial charge in [-0.15, -0.1) is 0 Å². The number of hydrogen-bond acceptors (Lipinski definition) is 5. The summed E-state index contributed by atoms with van der Waals surface area (Å²) in [5.41, 5.74) is 0. The molecule has 0 aliphatic rings. The highest BCUT2D eigenvalue weighted by Crippen LogP contribution is 2.19. The van der Waals surface area contributed by atoms with Crippen molar-refractivity contribution in [2.24, 2.45) is 0 Å². The lowest BCUT2D eigenvalue weighted by molar-refractivity contribution is -0.147. The zero-order valence-corrected chi connectivity index (χ0v) is 41.8. The van der Waals surface area contributed by atoms with Gasteiger partial charge >= 0.3 is 5.97 Å². The van der Waals surface area contributed by atoms with Crippen LogP contribution in [0.15, 0.2) is 36.5 Å². The molecule has 0 aromatic heterocycles. The molecule has 0 aliphatic heterocycles. The molecule has 0 rings (SSSR count). The van der Waals surface area contributed by atoms with Gasteiger partial charge in [-0.25, -0.2) is 0 Å². The zero-order chi connectivity index (χ0) is 44.9. The summed E-state index contributed by atoms with van der Waals surface area (Å²) in [6.07, 6.45) is 69.4. The highest BCUT2D eigenvalue weighted by molar-refractivity contribution is 5.69. The molecule has 0 spiro atoms. The second kappa shape index (κ2) is 53.9. The summed E-state index contributed by atoms with van der Waals surface area (Å²) in [6.45, 7) is 5.05. The normalized spacial score (nSPS) is 13.0. The molecular formula is C57H108O5. The molecule has 0 bridgehead atoms. The smallest absolute Gasteiger partial charge is 0.305 e. The molecule has 0 heterocycles. The topological polar surface area (TPSA) is 76.0 Å². The summed E-state index contributed by atoms with van der Waals surface area (Å²) in [5.74, 6) is -0.284. The molecule has 0 saturated carbocycles. The van der Waals surface area contributed by atoms with E-state index in [4.69, 9.17) is 14.6 Å². The molecule has 0 aromatic carbocycles. The summed E-state index contributed by atoms with van der Waals surface area (Å²) < 4.78 is 11.5. The number of carbonyl (C=O) groups excluding carboxylic acids is 1. The van der Waals surface area contributed by atoms with Gasteiger partial charge in [0.1, 0.15) is 12.7 Å². The lowest BCUT2D eigenvalue weighted by Gasteiger charge is -2.18. The lowest BCUT2D eigenvalue weighted by atomic mass is 10.0. The van der Waals surface area contributed by atoms with Crippen LogP contribution in [0.25, 0.3) is 0 Å². The van der Waals surface area contributed by atoms with Crippen molar-refractivity contribution in [2.45, 2.75) is 302 Å². The van der Waals surface area contributed by atoms with Crippen molar-refractivity contribution in [3.8, 4) is 0 Å². The van der Waals surface area contributed by atoms with Crippen LogP contribution in [0.2, 0.25) is 0 Å². The number of hydrogen-bond donors (Lipinski definition) is 2. The third-order valence-electron chi connectivity index (χ3n) is 12.5. The minimum atomic E-state index is -0.972. The maximum Gasteiger partial charge on any atom is 0.305 e. The average Bonchev–Trinajstić information content (AvgIpc) is 3.28. The molecule has 0 saturated heterocycles. The highest BCUT2D eigenvalue weighted by atomic mass is 16.5. The van der Waals surface area contributed by atoms with Crippen molar-refractivity contribution in [1.29, 1.82) is 0 Å². The lowest BCUT2D eigenvalue weighted by Crippen LogP contribution is -2.21. The van der Waals surface area contributed by atoms with E-state index in [1.807, 2.05) is 0 Å². The van der Waals surface area contributed by atoms with Crippen LogP contribution in [0.3, 0.4) is 0 Å². The van der Waals surface area contributed by atoms with Crippen molar-refractivity contribution in [1.82, 2.24) is 0 Å². The highest BCUT2D eigenvalue weighted by Gasteiger charge is 2.10. The van der Waals surface area contributed by atoms with Gasteiger partial charge in [-0.3, -0.25) is 4.79 Å². The fourth-order valence-electron chi connectivity index (χ4n) is 8.31. The fraction of sp³-hybridized carbons (Fsp3) is 0.877. The third-order valence-corrected chi connectivity index (χ3v) is 12.5. The first kappa shape index (κ1) is 60.6. The second-order valence-electron chi connectivity index (χ2n) is 18.8. The Morgan fingerprint density at radius 1 is 0.419 bits per heavy atom. The van der Waals surface area contributed by atoms with E-state index in [2.05, 4.69) is 50.3 Å². The third kappa shape index (κ3) is 51.2. The quantitative estimate of drug-likeness (QED) is 0.0362. The Morgan fingerprint density at radius 2 is 0.726 bits per heavy atom. The number of aliphatic hydroxyl groups excluding tert-OH is 2. The molecule has 0 amide bonds. The van der Waals surface area contributed by atoms with E-state index in [9.17, 15) is 9.90 Å². The van der Waals surface area contributed by atoms with Crippen molar-refractivity contribution in [2.75, 3.05) is 19.8 Å². The van der Waals surface area contributed by atoms with Crippen LogP contribution in [0.1, 0.15) is 290 Å². The number of carbonyl (C=O) groups is 1. The van der Waals surface area contributed by atoms with Crippen LogP contribution in [0.5, 0.6) is 0 Å². The van der Waals surface area contributed by atoms with E-state index in [0.717, 1.165) is 32.3 Å². The van der Waals surface area contributed by atoms with E-state index in [0.29, 0.717) is 12.5 Å². The number of aliphatic hydroxyl groups is 2. The Morgan fingerprint density at radius 3 is 1.08 bits per heavy atom. The van der Waals surface area contributed by atoms with Gasteiger partial charge in [0.15, 0.2) is 0 Å². The molecule has 0 aromatic rings. The Bertz CT molecular complexity index is 943. The monoisotopic (exact) mass is 873 g/mol. The van der Waals surface area contributed by atoms with Gasteiger partial charge in [-0.1, -0.05) is 217 Å². The predicted octanol–water partition coefficient (Wildman–Crippen LogP) is 17.8. The molecule has 2 atom stereocenters. The first-order chi connectivity index (χ1) is 30.6. The SMILES string of the molecule is CCCCCCCCC=CCCCCCCCCOC(CCCCCCCC=CCCCCCCCC)CCCCCCCCC=CCCCCCCCC(=O)OCC(O)CO. The van der Waals surface area contributed by atoms with E-state index < -0.39 is 6.10 Å². The molecular weight excluding hydrogens is 765 g/mol. The Hall–Kier alpha value is -1.43. The predicted molar refractivity (Wildman–Crippen MR) is 271 cm³/mol. The van der Waals surface area contributed by atoms with E-state index >= 15 is 0 Å². The molecule has 5 nitrogen and oxygen atoms in total. The van der Waals surface area contributed by atoms with Crippen LogP contribution in [-0.2, 0) is 14.3 Å². The maximum absolute atomic E-state index is 11.6. The molecule has 0 aliphatic carbocycles. The maximum atomic E-state index is 11.6. The summed E-state index contributed by atoms with van der Waals surface area (Å²) in [6, 6.07) is 0. The van der Waals surface area contributed by atoms with Crippen molar-refractivity contribution in [3.63, 3.8) is 0 Å². The largest absolute Gasteiger partial charge is 0.463 e. The fourth-order valence-corrected chi connectivity index (χ4v) is 8.31. The second-order valence-corrected chi connectivity index (χ2v) is 18.8. The average molecular weight is 873 g/mol. The summed E-state index contributed by atoms with van der Waals surface area (Å²) >= 11 is 0. The van der Waals surface area contributed by atoms with Crippen molar-refractivity contribution in [3.05, 3.63) is 36.5 Å². The van der Waals surface area contributed by atoms with Gasteiger partial charge in [0.25, 0.3) is 0 Å². The molecule has 2 N–H and O–H groups in total. The first-order valence-electron chi connectivity index (χ1n) is 27.6. The van der Waals surface area contributed by atoms with Gasteiger partial charge in [0.05, 0.1) is 12.7 Å². The molecule has 62 heavy (non-hydrogen) atoms. The summed E-state index contributed by atoms with van der Waals surface area (Å²) in [5, 5.41) is 18.0. The Balaban J connectivity index is 4.07. The molecule has 0 radical (unpaired) electrons. The van der Waals surface area contributed by atoms with Gasteiger partial charge in [0.2, 0.25) is 0 Å². The number of esters is 1. The van der Waals surface area contributed by atoms with Crippen LogP contribution in [-0.4, -0.2) is 48.2 Å². The van der Waals surface area contributed by atoms with Crippen LogP contribution in [0.4, 0.5) is 0 Å². The standard InChI is InChI=1S/C57H108O5/c1-3-5-7-9-11-13-15-17-19-24-28-32-36-40-44-48-52-61-56(49-45-41-37-33-29-25-21-18-16-14-12-10-8-6-4-2)50-46-42-38-34-30-26-22-20-23-27-31-35-39-43-47-51-57(60)62-54-55(59)53-58/h17-21,23,55-56,58-59H,3-16,22,24-54H2,1-2H3. The van der Waals surface area contributed by atoms with E-state index in [1.54, 1.807) is 0 Å². The minimum absolute atomic E-state index is 0.116. The molecule has 366 valence electrons. The number of ether oxygens (including phenoxy) is 2. The number of unbranched alkanes of at least 4 members (excludes halogenated alkanes) is 34. The van der Waals surface area contributed by atoms with E-state index in [-0.39, 0.29) is 19.2 Å². The molecule has 0 fully saturated rings. The molecule has 5 heteroatoms.